The van der Waals surface area contributed by atoms with Crippen LogP contribution in [0.15, 0.2) is 71.4 Å². The molecule has 2 aromatic carbocycles. The highest BCUT2D eigenvalue weighted by Gasteiger charge is 2.33. The van der Waals surface area contributed by atoms with E-state index in [9.17, 15) is 10.1 Å². The zero-order valence-corrected chi connectivity index (χ0v) is 17.6. The molecule has 156 valence electrons. The Balaban J connectivity index is 1.73. The molecule has 0 saturated heterocycles. The third kappa shape index (κ3) is 4.11. The zero-order chi connectivity index (χ0) is 21.8. The summed E-state index contributed by atoms with van der Waals surface area (Å²) in [6.07, 6.45) is 0.862. The number of esters is 1. The molecule has 1 aliphatic rings. The summed E-state index contributed by atoms with van der Waals surface area (Å²) < 4.78 is 17.1. The van der Waals surface area contributed by atoms with Crippen molar-refractivity contribution < 1.29 is 19.0 Å². The number of allylic oxidation sites excluding steroid dienone is 1. The first-order valence-corrected chi connectivity index (χ1v) is 10.7. The van der Waals surface area contributed by atoms with E-state index in [0.717, 1.165) is 17.5 Å². The molecule has 1 atom stereocenters. The summed E-state index contributed by atoms with van der Waals surface area (Å²) in [6, 6.07) is 18.3. The number of nitrogens with zero attached hydrogens (tertiary/aromatic N) is 1. The van der Waals surface area contributed by atoms with Crippen molar-refractivity contribution in [3.63, 3.8) is 0 Å². The number of hydrogen-bond acceptors (Lipinski definition) is 7. The summed E-state index contributed by atoms with van der Waals surface area (Å²) >= 11 is 1.31. The van der Waals surface area contributed by atoms with E-state index in [2.05, 4.69) is 6.07 Å². The molecule has 2 heterocycles. The summed E-state index contributed by atoms with van der Waals surface area (Å²) in [6.45, 7) is 2.59. The van der Waals surface area contributed by atoms with Crippen LogP contribution < -0.4 is 19.9 Å². The van der Waals surface area contributed by atoms with Gasteiger partial charge in [0.2, 0.25) is 5.88 Å². The zero-order valence-electron chi connectivity index (χ0n) is 16.8. The fraction of sp³-hybridized carbons (Fsp3) is 0.167. The van der Waals surface area contributed by atoms with E-state index in [1.165, 1.54) is 11.3 Å². The van der Waals surface area contributed by atoms with Gasteiger partial charge in [0.05, 0.1) is 12.5 Å². The predicted molar refractivity (Wildman–Crippen MR) is 117 cm³/mol. The van der Waals surface area contributed by atoms with Crippen LogP contribution in [0.25, 0.3) is 0 Å². The van der Waals surface area contributed by atoms with Gasteiger partial charge in [-0.05, 0) is 30.0 Å². The highest BCUT2D eigenvalue weighted by molar-refractivity contribution is 7.12. The van der Waals surface area contributed by atoms with E-state index in [0.29, 0.717) is 34.3 Å². The number of para-hydroxylation sites is 1. The van der Waals surface area contributed by atoms with E-state index in [-0.39, 0.29) is 5.88 Å². The minimum Gasteiger partial charge on any atom is -0.493 e. The average Bonchev–Trinajstić information content (AvgIpc) is 3.32. The Morgan fingerprint density at radius 2 is 2.03 bits per heavy atom. The first-order chi connectivity index (χ1) is 15.1. The lowest BCUT2D eigenvalue weighted by Crippen LogP contribution is -2.21. The normalized spacial score (nSPS) is 14.9. The van der Waals surface area contributed by atoms with Gasteiger partial charge in [0, 0.05) is 17.2 Å². The molecule has 6 nitrogen and oxygen atoms in total. The van der Waals surface area contributed by atoms with Crippen molar-refractivity contribution in [2.24, 2.45) is 5.73 Å². The van der Waals surface area contributed by atoms with Crippen molar-refractivity contribution in [3.05, 3.63) is 87.4 Å². The number of hydrogen-bond donors (Lipinski definition) is 1. The molecule has 7 heteroatoms. The van der Waals surface area contributed by atoms with E-state index in [4.69, 9.17) is 19.9 Å². The molecule has 0 fully saturated rings. The van der Waals surface area contributed by atoms with Crippen molar-refractivity contribution in [1.82, 2.24) is 0 Å². The van der Waals surface area contributed by atoms with Crippen LogP contribution in [-0.4, -0.2) is 12.6 Å². The van der Waals surface area contributed by atoms with Crippen LogP contribution in [0.4, 0.5) is 0 Å². The Morgan fingerprint density at radius 1 is 1.19 bits per heavy atom. The number of nitrogens with two attached hydrogens (primary N) is 1. The van der Waals surface area contributed by atoms with E-state index >= 15 is 0 Å². The number of benzene rings is 2. The first-order valence-electron chi connectivity index (χ1n) is 9.81. The summed E-state index contributed by atoms with van der Waals surface area (Å²) in [5.74, 6) is 0.580. The Bertz CT molecular complexity index is 1180. The lowest BCUT2D eigenvalue weighted by Gasteiger charge is -2.28. The second-order valence-corrected chi connectivity index (χ2v) is 7.83. The highest BCUT2D eigenvalue weighted by atomic mass is 32.1. The summed E-state index contributed by atoms with van der Waals surface area (Å²) in [5, 5.41) is 11.6. The molecule has 0 amide bonds. The molecule has 0 bridgehead atoms. The maximum Gasteiger partial charge on any atom is 0.353 e. The minimum atomic E-state index is -0.455. The van der Waals surface area contributed by atoms with Crippen LogP contribution in [0, 0.1) is 11.3 Å². The molecule has 0 radical (unpaired) electrons. The van der Waals surface area contributed by atoms with Gasteiger partial charge in [-0.15, -0.1) is 11.3 Å². The number of carbonyl (C=O) groups excluding carboxylic acids is 1. The number of thiophene rings is 1. The molecule has 1 unspecified atom stereocenters. The van der Waals surface area contributed by atoms with Gasteiger partial charge in [0.1, 0.15) is 33.8 Å². The molecule has 0 aliphatic carbocycles. The third-order valence-electron chi connectivity index (χ3n) is 4.82. The lowest BCUT2D eigenvalue weighted by atomic mass is 9.83. The van der Waals surface area contributed by atoms with E-state index < -0.39 is 11.9 Å². The van der Waals surface area contributed by atoms with Gasteiger partial charge in [-0.2, -0.15) is 5.26 Å². The average molecular weight is 433 g/mol. The molecule has 0 saturated carbocycles. The number of nitriles is 1. The number of fused-ring (bicyclic) bond motifs is 1. The molecular formula is C24H20N2O4S. The minimum absolute atomic E-state index is 0.0204. The SMILES string of the molecule is CCCOc1ccccc1C1C(C#N)=C(N)Oc2cc(OC(=O)c3cccs3)ccc21. The Kier molecular flexibility index (Phi) is 5.92. The first kappa shape index (κ1) is 20.5. The van der Waals surface area contributed by atoms with E-state index in [1.807, 2.05) is 36.6 Å². The standard InChI is InChI=1S/C24H20N2O4S/c1-2-11-28-19-7-4-3-6-16(19)22-17-10-9-15(29-24(27)21-8-5-12-31-21)13-20(17)30-23(26)18(22)14-25/h3-10,12-13,22H,2,11,26H2,1H3. The Hall–Kier alpha value is -3.76. The fourth-order valence-electron chi connectivity index (χ4n) is 3.43. The van der Waals surface area contributed by atoms with Crippen LogP contribution in [0.1, 0.15) is 40.1 Å². The number of carbonyl (C=O) groups is 1. The molecule has 4 rings (SSSR count). The van der Waals surface area contributed by atoms with Crippen LogP contribution in [0.3, 0.4) is 0 Å². The number of ether oxygens (including phenoxy) is 3. The van der Waals surface area contributed by atoms with Gasteiger partial charge in [-0.1, -0.05) is 37.3 Å². The molecule has 3 aromatic rings. The van der Waals surface area contributed by atoms with Gasteiger partial charge in [0.15, 0.2) is 0 Å². The lowest BCUT2D eigenvalue weighted by molar-refractivity contribution is 0.0739. The largest absolute Gasteiger partial charge is 0.493 e. The summed E-state index contributed by atoms with van der Waals surface area (Å²) in [7, 11) is 0. The van der Waals surface area contributed by atoms with Crippen LogP contribution >= 0.6 is 11.3 Å². The second kappa shape index (κ2) is 8.94. The second-order valence-electron chi connectivity index (χ2n) is 6.88. The summed E-state index contributed by atoms with van der Waals surface area (Å²) in [5.41, 5.74) is 7.97. The molecular weight excluding hydrogens is 412 g/mol. The molecule has 1 aliphatic heterocycles. The van der Waals surface area contributed by atoms with Crippen molar-refractivity contribution in [2.45, 2.75) is 19.3 Å². The van der Waals surface area contributed by atoms with Crippen LogP contribution in [0.5, 0.6) is 17.2 Å². The third-order valence-corrected chi connectivity index (χ3v) is 5.67. The smallest absolute Gasteiger partial charge is 0.353 e. The van der Waals surface area contributed by atoms with Gasteiger partial charge in [-0.25, -0.2) is 4.79 Å². The number of rotatable bonds is 6. The monoisotopic (exact) mass is 432 g/mol. The van der Waals surface area contributed by atoms with Gasteiger partial charge >= 0.3 is 5.97 Å². The Labute approximate surface area is 184 Å². The topological polar surface area (TPSA) is 94.6 Å². The summed E-state index contributed by atoms with van der Waals surface area (Å²) in [4.78, 5) is 12.8. The van der Waals surface area contributed by atoms with Crippen LogP contribution in [-0.2, 0) is 0 Å². The fourth-order valence-corrected chi connectivity index (χ4v) is 4.03. The maximum atomic E-state index is 12.3. The molecule has 1 aromatic heterocycles. The van der Waals surface area contributed by atoms with Crippen molar-refractivity contribution in [2.75, 3.05) is 6.61 Å². The van der Waals surface area contributed by atoms with Crippen molar-refractivity contribution in [1.29, 1.82) is 5.26 Å². The van der Waals surface area contributed by atoms with E-state index in [1.54, 1.807) is 30.3 Å². The van der Waals surface area contributed by atoms with Gasteiger partial charge in [0.25, 0.3) is 0 Å². The Morgan fingerprint density at radius 3 is 2.77 bits per heavy atom. The highest BCUT2D eigenvalue weighted by Crippen LogP contribution is 2.45. The van der Waals surface area contributed by atoms with Gasteiger partial charge < -0.3 is 19.9 Å². The molecule has 2 N–H and O–H groups in total. The quantitative estimate of drug-likeness (QED) is 0.436. The predicted octanol–water partition coefficient (Wildman–Crippen LogP) is 4.97. The van der Waals surface area contributed by atoms with Crippen molar-refractivity contribution in [3.8, 4) is 23.3 Å². The molecule has 0 spiro atoms. The van der Waals surface area contributed by atoms with Crippen LogP contribution in [0.2, 0.25) is 0 Å². The maximum absolute atomic E-state index is 12.3. The van der Waals surface area contributed by atoms with Gasteiger partial charge in [-0.3, -0.25) is 0 Å². The molecule has 31 heavy (non-hydrogen) atoms. The van der Waals surface area contributed by atoms with Crippen molar-refractivity contribution >= 4 is 17.3 Å².